The van der Waals surface area contributed by atoms with Crippen LogP contribution in [-0.4, -0.2) is 35.5 Å². The zero-order valence-corrected chi connectivity index (χ0v) is 13.5. The molecule has 1 saturated carbocycles. The van der Waals surface area contributed by atoms with E-state index in [1.54, 1.807) is 0 Å². The summed E-state index contributed by atoms with van der Waals surface area (Å²) in [6.45, 7) is 0. The van der Waals surface area contributed by atoms with Crippen LogP contribution in [0.15, 0.2) is 0 Å². The van der Waals surface area contributed by atoms with E-state index in [1.807, 2.05) is 0 Å². The van der Waals surface area contributed by atoms with E-state index in [9.17, 15) is 4.79 Å². The lowest BCUT2D eigenvalue weighted by Crippen LogP contribution is -2.37. The molecular weight excluding hydrogens is 280 g/mol. The molecule has 3 fully saturated rings. The SMILES string of the molecule is O=C(O)CCCCCCC1C2CCC(O2)C1OC1CCCC1. The quantitative estimate of drug-likeness (QED) is 0.656. The number of fused-ring (bicyclic) bond motifs is 2. The Balaban J connectivity index is 1.39. The van der Waals surface area contributed by atoms with E-state index in [-0.39, 0.29) is 0 Å². The molecule has 0 aromatic carbocycles. The van der Waals surface area contributed by atoms with Crippen LogP contribution in [0.25, 0.3) is 0 Å². The second kappa shape index (κ2) is 7.78. The van der Waals surface area contributed by atoms with E-state index in [0.29, 0.717) is 36.8 Å². The van der Waals surface area contributed by atoms with Crippen molar-refractivity contribution in [2.24, 2.45) is 5.92 Å². The molecule has 4 nitrogen and oxygen atoms in total. The number of hydrogen-bond acceptors (Lipinski definition) is 3. The van der Waals surface area contributed by atoms with Gasteiger partial charge in [-0.15, -0.1) is 0 Å². The van der Waals surface area contributed by atoms with Gasteiger partial charge in [-0.1, -0.05) is 32.1 Å². The zero-order valence-electron chi connectivity index (χ0n) is 13.5. The molecule has 2 bridgehead atoms. The number of unbranched alkanes of at least 4 members (excludes halogenated alkanes) is 3. The van der Waals surface area contributed by atoms with Gasteiger partial charge in [-0.05, 0) is 38.5 Å². The summed E-state index contributed by atoms with van der Waals surface area (Å²) in [5.41, 5.74) is 0. The van der Waals surface area contributed by atoms with Gasteiger partial charge in [0.2, 0.25) is 0 Å². The third-order valence-corrected chi connectivity index (χ3v) is 5.68. The molecule has 4 unspecified atom stereocenters. The van der Waals surface area contributed by atoms with Crippen LogP contribution in [0.2, 0.25) is 0 Å². The van der Waals surface area contributed by atoms with Crippen LogP contribution in [0.4, 0.5) is 0 Å². The maximum atomic E-state index is 10.5. The number of carbonyl (C=O) groups is 1. The van der Waals surface area contributed by atoms with Crippen LogP contribution in [0.1, 0.15) is 77.0 Å². The maximum absolute atomic E-state index is 10.5. The van der Waals surface area contributed by atoms with Crippen molar-refractivity contribution in [2.45, 2.75) is 101 Å². The highest BCUT2D eigenvalue weighted by Crippen LogP contribution is 2.44. The topological polar surface area (TPSA) is 55.8 Å². The first kappa shape index (κ1) is 16.3. The first-order valence-corrected chi connectivity index (χ1v) is 9.27. The molecule has 4 heteroatoms. The minimum Gasteiger partial charge on any atom is -0.481 e. The van der Waals surface area contributed by atoms with Crippen molar-refractivity contribution in [3.8, 4) is 0 Å². The standard InChI is InChI=1S/C18H30O4/c19-17(20)10-4-2-1-3-9-14-15-11-12-16(22-15)18(14)21-13-7-5-6-8-13/h13-16,18H,1-12H2,(H,19,20). The molecule has 2 saturated heterocycles. The van der Waals surface area contributed by atoms with Gasteiger partial charge in [0, 0.05) is 12.3 Å². The third kappa shape index (κ3) is 4.02. The largest absolute Gasteiger partial charge is 0.481 e. The van der Waals surface area contributed by atoms with E-state index in [0.717, 1.165) is 19.3 Å². The van der Waals surface area contributed by atoms with Crippen LogP contribution < -0.4 is 0 Å². The summed E-state index contributed by atoms with van der Waals surface area (Å²) >= 11 is 0. The smallest absolute Gasteiger partial charge is 0.303 e. The molecule has 2 aliphatic heterocycles. The normalized spacial score (nSPS) is 34.5. The lowest BCUT2D eigenvalue weighted by Gasteiger charge is -2.30. The molecule has 126 valence electrons. The zero-order chi connectivity index (χ0) is 15.4. The van der Waals surface area contributed by atoms with Gasteiger partial charge in [0.25, 0.3) is 0 Å². The Morgan fingerprint density at radius 2 is 1.73 bits per heavy atom. The monoisotopic (exact) mass is 310 g/mol. The fourth-order valence-electron chi connectivity index (χ4n) is 4.53. The number of rotatable bonds is 9. The minimum atomic E-state index is -0.675. The summed E-state index contributed by atoms with van der Waals surface area (Å²) < 4.78 is 12.5. The summed E-state index contributed by atoms with van der Waals surface area (Å²) in [4.78, 5) is 10.5. The number of aliphatic carboxylic acids is 1. The van der Waals surface area contributed by atoms with E-state index in [2.05, 4.69) is 0 Å². The molecule has 1 aliphatic carbocycles. The summed E-state index contributed by atoms with van der Waals surface area (Å²) in [6, 6.07) is 0. The van der Waals surface area contributed by atoms with Crippen LogP contribution in [0.5, 0.6) is 0 Å². The van der Waals surface area contributed by atoms with Crippen LogP contribution in [0, 0.1) is 5.92 Å². The Morgan fingerprint density at radius 1 is 1.00 bits per heavy atom. The van der Waals surface area contributed by atoms with Gasteiger partial charge >= 0.3 is 5.97 Å². The second-order valence-electron chi connectivity index (χ2n) is 7.31. The number of ether oxygens (including phenoxy) is 2. The van der Waals surface area contributed by atoms with Gasteiger partial charge in [-0.25, -0.2) is 0 Å². The molecule has 0 aromatic rings. The van der Waals surface area contributed by atoms with Gasteiger partial charge in [-0.3, -0.25) is 4.79 Å². The third-order valence-electron chi connectivity index (χ3n) is 5.68. The Bertz CT molecular complexity index is 364. The molecule has 22 heavy (non-hydrogen) atoms. The highest BCUT2D eigenvalue weighted by molar-refractivity contribution is 5.66. The average molecular weight is 310 g/mol. The lowest BCUT2D eigenvalue weighted by atomic mass is 9.82. The minimum absolute atomic E-state index is 0.310. The van der Waals surface area contributed by atoms with Crippen molar-refractivity contribution in [1.29, 1.82) is 0 Å². The lowest BCUT2D eigenvalue weighted by molar-refractivity contribution is -0.137. The molecule has 3 rings (SSSR count). The molecule has 2 heterocycles. The van der Waals surface area contributed by atoms with Crippen molar-refractivity contribution in [1.82, 2.24) is 0 Å². The first-order chi connectivity index (χ1) is 10.7. The second-order valence-corrected chi connectivity index (χ2v) is 7.31. The fraction of sp³-hybridized carbons (Fsp3) is 0.944. The number of hydrogen-bond donors (Lipinski definition) is 1. The van der Waals surface area contributed by atoms with Gasteiger partial charge < -0.3 is 14.6 Å². The van der Waals surface area contributed by atoms with Gasteiger partial charge in [0.1, 0.15) is 0 Å². The molecular formula is C18H30O4. The van der Waals surface area contributed by atoms with Crippen LogP contribution in [-0.2, 0) is 14.3 Å². The predicted molar refractivity (Wildman–Crippen MR) is 83.9 cm³/mol. The van der Waals surface area contributed by atoms with E-state index < -0.39 is 5.97 Å². The molecule has 0 amide bonds. The van der Waals surface area contributed by atoms with E-state index in [4.69, 9.17) is 14.6 Å². The van der Waals surface area contributed by atoms with Crippen LogP contribution in [0.3, 0.4) is 0 Å². The molecule has 0 radical (unpaired) electrons. The van der Waals surface area contributed by atoms with Gasteiger partial charge in [0.15, 0.2) is 0 Å². The number of carboxylic acid groups (broad SMARTS) is 1. The van der Waals surface area contributed by atoms with Crippen molar-refractivity contribution in [3.63, 3.8) is 0 Å². The maximum Gasteiger partial charge on any atom is 0.303 e. The molecule has 0 aromatic heterocycles. The molecule has 1 N–H and O–H groups in total. The Morgan fingerprint density at radius 3 is 2.50 bits per heavy atom. The van der Waals surface area contributed by atoms with E-state index >= 15 is 0 Å². The molecule has 0 spiro atoms. The van der Waals surface area contributed by atoms with Crippen molar-refractivity contribution in [2.75, 3.05) is 0 Å². The Hall–Kier alpha value is -0.610. The fourth-order valence-corrected chi connectivity index (χ4v) is 4.53. The Labute approximate surface area is 133 Å². The Kier molecular flexibility index (Phi) is 5.75. The summed E-state index contributed by atoms with van der Waals surface area (Å²) in [7, 11) is 0. The average Bonchev–Trinajstić information content (AvgIpc) is 3.21. The van der Waals surface area contributed by atoms with Gasteiger partial charge in [0.05, 0.1) is 24.4 Å². The highest BCUT2D eigenvalue weighted by Gasteiger charge is 2.49. The highest BCUT2D eigenvalue weighted by atomic mass is 16.6. The molecule has 3 aliphatic rings. The number of carboxylic acids is 1. The molecule has 4 atom stereocenters. The van der Waals surface area contributed by atoms with Crippen molar-refractivity contribution < 1.29 is 19.4 Å². The van der Waals surface area contributed by atoms with Gasteiger partial charge in [-0.2, -0.15) is 0 Å². The van der Waals surface area contributed by atoms with Crippen molar-refractivity contribution in [3.05, 3.63) is 0 Å². The van der Waals surface area contributed by atoms with Crippen molar-refractivity contribution >= 4 is 5.97 Å². The van der Waals surface area contributed by atoms with E-state index in [1.165, 1.54) is 51.4 Å². The first-order valence-electron chi connectivity index (χ1n) is 9.27. The summed E-state index contributed by atoms with van der Waals surface area (Å²) in [6.07, 6.45) is 14.7. The predicted octanol–water partition coefficient (Wildman–Crippen LogP) is 3.92. The summed E-state index contributed by atoms with van der Waals surface area (Å²) in [5.74, 6) is -0.0923. The van der Waals surface area contributed by atoms with Crippen LogP contribution >= 0.6 is 0 Å². The summed E-state index contributed by atoms with van der Waals surface area (Å²) in [5, 5.41) is 8.65.